The summed E-state index contributed by atoms with van der Waals surface area (Å²) in [7, 11) is 1.69. The summed E-state index contributed by atoms with van der Waals surface area (Å²) >= 11 is 1.43. The minimum absolute atomic E-state index is 0.0945. The van der Waals surface area contributed by atoms with Gasteiger partial charge >= 0.3 is 0 Å². The van der Waals surface area contributed by atoms with Crippen LogP contribution in [0.3, 0.4) is 0 Å². The molecule has 0 atom stereocenters. The topological polar surface area (TPSA) is 78.3 Å². The SMILES string of the molecule is COCCn1c(C)cc(C(=O)CSc2nnc(N3CCCC3)n2Cc2ccco2)c1C. The Labute approximate surface area is 186 Å². The van der Waals surface area contributed by atoms with Crippen molar-refractivity contribution in [3.8, 4) is 0 Å². The zero-order chi connectivity index (χ0) is 21.8. The number of nitrogens with zero attached hydrogens (tertiary/aromatic N) is 5. The third-order valence-electron chi connectivity index (χ3n) is 5.71. The number of rotatable bonds is 10. The second kappa shape index (κ2) is 9.74. The standard InChI is InChI=1S/C22H29N5O3S/c1-16-13-19(17(2)26(16)10-12-29-3)20(28)15-31-22-24-23-21(25-8-4-5-9-25)27(22)14-18-7-6-11-30-18/h6-7,11,13H,4-5,8-10,12,14-15H2,1-3H3. The van der Waals surface area contributed by atoms with E-state index in [9.17, 15) is 4.79 Å². The van der Waals surface area contributed by atoms with Gasteiger partial charge in [0.05, 0.1) is 25.2 Å². The quantitative estimate of drug-likeness (QED) is 0.350. The van der Waals surface area contributed by atoms with Crippen molar-refractivity contribution in [3.05, 3.63) is 47.2 Å². The van der Waals surface area contributed by atoms with Crippen molar-refractivity contribution in [3.63, 3.8) is 0 Å². The first-order valence-corrected chi connectivity index (χ1v) is 11.6. The number of carbonyl (C=O) groups is 1. The Hall–Kier alpha value is -2.52. The van der Waals surface area contributed by atoms with Crippen LogP contribution in [0.2, 0.25) is 0 Å². The molecule has 8 nitrogen and oxygen atoms in total. The zero-order valence-electron chi connectivity index (χ0n) is 18.3. The number of ether oxygens (including phenoxy) is 1. The van der Waals surface area contributed by atoms with E-state index in [1.807, 2.05) is 32.0 Å². The molecule has 3 aromatic rings. The van der Waals surface area contributed by atoms with E-state index < -0.39 is 0 Å². The van der Waals surface area contributed by atoms with Crippen LogP contribution in [-0.4, -0.2) is 57.7 Å². The number of anilines is 1. The van der Waals surface area contributed by atoms with Crippen molar-refractivity contribution in [2.75, 3.05) is 37.5 Å². The molecule has 0 amide bonds. The van der Waals surface area contributed by atoms with E-state index in [0.717, 1.165) is 66.3 Å². The van der Waals surface area contributed by atoms with E-state index in [1.165, 1.54) is 11.8 Å². The molecule has 0 bridgehead atoms. The highest BCUT2D eigenvalue weighted by Crippen LogP contribution is 2.27. The summed E-state index contributed by atoms with van der Waals surface area (Å²) in [6.07, 6.45) is 3.99. The first kappa shape index (κ1) is 21.7. The van der Waals surface area contributed by atoms with E-state index in [2.05, 4.69) is 24.2 Å². The molecule has 1 fully saturated rings. The van der Waals surface area contributed by atoms with Crippen LogP contribution in [0, 0.1) is 13.8 Å². The van der Waals surface area contributed by atoms with Crippen LogP contribution in [-0.2, 0) is 17.8 Å². The largest absolute Gasteiger partial charge is 0.467 e. The molecule has 9 heteroatoms. The van der Waals surface area contributed by atoms with Gasteiger partial charge in [-0.15, -0.1) is 10.2 Å². The number of hydrogen-bond acceptors (Lipinski definition) is 7. The first-order valence-electron chi connectivity index (χ1n) is 10.6. The van der Waals surface area contributed by atoms with Gasteiger partial charge < -0.3 is 18.6 Å². The average molecular weight is 444 g/mol. The molecule has 3 aromatic heterocycles. The summed E-state index contributed by atoms with van der Waals surface area (Å²) in [6.45, 7) is 7.88. The highest BCUT2D eigenvalue weighted by Gasteiger charge is 2.23. The fourth-order valence-corrected chi connectivity index (χ4v) is 4.87. The molecule has 1 aliphatic rings. The number of ketones is 1. The Balaban J connectivity index is 1.51. The smallest absolute Gasteiger partial charge is 0.228 e. The number of carbonyl (C=O) groups excluding carboxylic acids is 1. The second-order valence-electron chi connectivity index (χ2n) is 7.78. The van der Waals surface area contributed by atoms with E-state index in [4.69, 9.17) is 9.15 Å². The molecule has 0 N–H and O–H groups in total. The van der Waals surface area contributed by atoms with Gasteiger partial charge in [-0.05, 0) is 44.9 Å². The summed E-state index contributed by atoms with van der Waals surface area (Å²) in [5.41, 5.74) is 2.81. The minimum atomic E-state index is 0.0945. The Morgan fingerprint density at radius 2 is 2.03 bits per heavy atom. The van der Waals surface area contributed by atoms with Gasteiger partial charge in [-0.1, -0.05) is 11.8 Å². The van der Waals surface area contributed by atoms with Crippen LogP contribution in [0.5, 0.6) is 0 Å². The normalized spacial score (nSPS) is 14.0. The van der Waals surface area contributed by atoms with Crippen LogP contribution >= 0.6 is 11.8 Å². The lowest BCUT2D eigenvalue weighted by atomic mass is 10.2. The van der Waals surface area contributed by atoms with Crippen molar-refractivity contribution in [2.45, 2.75) is 44.9 Å². The van der Waals surface area contributed by atoms with Gasteiger partial charge in [0.1, 0.15) is 5.76 Å². The third-order valence-corrected chi connectivity index (χ3v) is 6.67. The molecule has 0 saturated carbocycles. The van der Waals surface area contributed by atoms with Crippen molar-refractivity contribution in [1.29, 1.82) is 0 Å². The van der Waals surface area contributed by atoms with Crippen LogP contribution < -0.4 is 4.90 Å². The van der Waals surface area contributed by atoms with Gasteiger partial charge in [0.2, 0.25) is 5.95 Å². The van der Waals surface area contributed by atoms with Crippen molar-refractivity contribution < 1.29 is 13.9 Å². The Bertz CT molecular complexity index is 1020. The molecule has 4 rings (SSSR count). The fourth-order valence-electron chi connectivity index (χ4n) is 4.05. The summed E-state index contributed by atoms with van der Waals surface area (Å²) in [4.78, 5) is 15.3. The van der Waals surface area contributed by atoms with Crippen LogP contribution in [0.25, 0.3) is 0 Å². The maximum Gasteiger partial charge on any atom is 0.228 e. The number of hydrogen-bond donors (Lipinski definition) is 0. The van der Waals surface area contributed by atoms with Crippen LogP contribution in [0.15, 0.2) is 34.0 Å². The molecule has 0 radical (unpaired) electrons. The predicted octanol–water partition coefficient (Wildman–Crippen LogP) is 3.56. The number of aryl methyl sites for hydroxylation is 1. The lowest BCUT2D eigenvalue weighted by Gasteiger charge is -2.17. The summed E-state index contributed by atoms with van der Waals surface area (Å²) in [5, 5.41) is 9.59. The highest BCUT2D eigenvalue weighted by atomic mass is 32.2. The molecule has 0 spiro atoms. The third kappa shape index (κ3) is 4.72. The Morgan fingerprint density at radius 3 is 2.74 bits per heavy atom. The number of furan rings is 1. The average Bonchev–Trinajstić information content (AvgIpc) is 3.55. The fraction of sp³-hybridized carbons (Fsp3) is 0.500. The molecular formula is C22H29N5O3S. The summed E-state index contributed by atoms with van der Waals surface area (Å²) in [6, 6.07) is 5.80. The zero-order valence-corrected chi connectivity index (χ0v) is 19.2. The van der Waals surface area contributed by atoms with Gasteiger partial charge in [-0.2, -0.15) is 0 Å². The highest BCUT2D eigenvalue weighted by molar-refractivity contribution is 7.99. The van der Waals surface area contributed by atoms with Gasteiger partial charge in [0, 0.05) is 43.7 Å². The second-order valence-corrected chi connectivity index (χ2v) is 8.73. The summed E-state index contributed by atoms with van der Waals surface area (Å²) in [5.74, 6) is 2.10. The molecular weight excluding hydrogens is 414 g/mol. The van der Waals surface area contributed by atoms with Crippen LogP contribution in [0.4, 0.5) is 5.95 Å². The van der Waals surface area contributed by atoms with E-state index >= 15 is 0 Å². The summed E-state index contributed by atoms with van der Waals surface area (Å²) < 4.78 is 14.9. The monoisotopic (exact) mass is 443 g/mol. The van der Waals surface area contributed by atoms with Crippen molar-refractivity contribution >= 4 is 23.5 Å². The lowest BCUT2D eigenvalue weighted by Crippen LogP contribution is -2.22. The number of aromatic nitrogens is 4. The maximum atomic E-state index is 13.0. The van der Waals surface area contributed by atoms with Gasteiger partial charge in [0.25, 0.3) is 0 Å². The van der Waals surface area contributed by atoms with Crippen molar-refractivity contribution in [2.24, 2.45) is 0 Å². The number of methoxy groups -OCH3 is 1. The molecule has 166 valence electrons. The van der Waals surface area contributed by atoms with Crippen LogP contribution in [0.1, 0.15) is 40.3 Å². The van der Waals surface area contributed by atoms with E-state index in [0.29, 0.717) is 18.9 Å². The minimum Gasteiger partial charge on any atom is -0.467 e. The maximum absolute atomic E-state index is 13.0. The molecule has 1 aliphatic heterocycles. The van der Waals surface area contributed by atoms with E-state index in [-0.39, 0.29) is 5.78 Å². The predicted molar refractivity (Wildman–Crippen MR) is 120 cm³/mol. The number of Topliss-reactive ketones (excluding diaryl/α,β-unsaturated/α-hetero) is 1. The van der Waals surface area contributed by atoms with Gasteiger partial charge in [-0.25, -0.2) is 0 Å². The number of thioether (sulfide) groups is 1. The Morgan fingerprint density at radius 1 is 1.23 bits per heavy atom. The molecule has 4 heterocycles. The molecule has 1 saturated heterocycles. The van der Waals surface area contributed by atoms with Gasteiger partial charge in [-0.3, -0.25) is 9.36 Å². The Kier molecular flexibility index (Phi) is 6.82. The van der Waals surface area contributed by atoms with Gasteiger partial charge in [0.15, 0.2) is 10.9 Å². The van der Waals surface area contributed by atoms with Crippen molar-refractivity contribution in [1.82, 2.24) is 19.3 Å². The van der Waals surface area contributed by atoms with E-state index in [1.54, 1.807) is 13.4 Å². The molecule has 0 unspecified atom stereocenters. The molecule has 0 aromatic carbocycles. The molecule has 31 heavy (non-hydrogen) atoms. The molecule has 0 aliphatic carbocycles. The first-order chi connectivity index (χ1) is 15.1. The lowest BCUT2D eigenvalue weighted by molar-refractivity contribution is 0.102.